The molecule has 2 aliphatic rings. The van der Waals surface area contributed by atoms with Gasteiger partial charge in [-0.2, -0.15) is 0 Å². The highest BCUT2D eigenvalue weighted by molar-refractivity contribution is 8.00. The normalized spacial score (nSPS) is 16.8. The van der Waals surface area contributed by atoms with Gasteiger partial charge in [0.15, 0.2) is 27.3 Å². The number of amides is 1. The number of Topliss-reactive ketones (excluding diaryl/α,β-unsaturated/α-hetero) is 1. The van der Waals surface area contributed by atoms with Crippen molar-refractivity contribution in [2.45, 2.75) is 42.8 Å². The molecule has 0 spiro atoms. The average molecular weight is 694 g/mol. The van der Waals surface area contributed by atoms with Crippen LogP contribution in [0.3, 0.4) is 0 Å². The van der Waals surface area contributed by atoms with E-state index in [9.17, 15) is 14.7 Å². The van der Waals surface area contributed by atoms with Crippen molar-refractivity contribution < 1.29 is 33.6 Å². The highest BCUT2D eigenvalue weighted by Gasteiger charge is 2.48. The van der Waals surface area contributed by atoms with Gasteiger partial charge in [-0.1, -0.05) is 72.3 Å². The summed E-state index contributed by atoms with van der Waals surface area (Å²) in [4.78, 5) is 28.9. The van der Waals surface area contributed by atoms with Gasteiger partial charge in [0.05, 0.1) is 24.8 Å². The number of ether oxygens (including phenoxy) is 4. The van der Waals surface area contributed by atoms with E-state index in [0.717, 1.165) is 18.4 Å². The van der Waals surface area contributed by atoms with Crippen LogP contribution in [-0.4, -0.2) is 53.4 Å². The summed E-state index contributed by atoms with van der Waals surface area (Å²) in [7, 11) is 0. The van der Waals surface area contributed by atoms with E-state index in [2.05, 4.69) is 17.1 Å². The largest absolute Gasteiger partial charge is 0.507 e. The number of hydrogen-bond acceptors (Lipinski definition) is 11. The molecule has 13 heteroatoms. The molecule has 2 aliphatic heterocycles. The molecule has 0 saturated carbocycles. The lowest BCUT2D eigenvalue weighted by Crippen LogP contribution is -2.29. The van der Waals surface area contributed by atoms with E-state index in [-0.39, 0.29) is 16.5 Å². The number of nitrogens with zero attached hydrogens (tertiary/aromatic N) is 3. The van der Waals surface area contributed by atoms with E-state index in [0.29, 0.717) is 75.7 Å². The highest BCUT2D eigenvalue weighted by atomic mass is 35.5. The van der Waals surface area contributed by atoms with Crippen LogP contribution in [0.1, 0.15) is 49.4 Å². The summed E-state index contributed by atoms with van der Waals surface area (Å²) < 4.78 is 23.8. The van der Waals surface area contributed by atoms with E-state index in [4.69, 9.17) is 30.5 Å². The van der Waals surface area contributed by atoms with E-state index in [1.165, 1.54) is 28.0 Å². The van der Waals surface area contributed by atoms with Crippen molar-refractivity contribution in [3.8, 4) is 23.0 Å². The molecule has 1 saturated heterocycles. The first kappa shape index (κ1) is 32.7. The fourth-order valence-corrected chi connectivity index (χ4v) is 7.37. The number of unbranched alkanes of at least 4 members (excludes halogenated alkanes) is 1. The molecule has 244 valence electrons. The zero-order chi connectivity index (χ0) is 32.9. The molecule has 1 N–H and O–H groups in total. The summed E-state index contributed by atoms with van der Waals surface area (Å²) >= 11 is 8.93. The topological polar surface area (TPSA) is 120 Å². The number of halogens is 1. The van der Waals surface area contributed by atoms with E-state index >= 15 is 0 Å². The number of aliphatic hydroxyl groups excluding tert-OH is 1. The zero-order valence-corrected chi connectivity index (χ0v) is 28.1. The van der Waals surface area contributed by atoms with Crippen LogP contribution >= 0.6 is 34.7 Å². The molecule has 3 aromatic carbocycles. The van der Waals surface area contributed by atoms with Gasteiger partial charge in [-0.05, 0) is 60.9 Å². The summed E-state index contributed by atoms with van der Waals surface area (Å²) in [6.07, 6.45) is 1.84. The van der Waals surface area contributed by atoms with Crippen molar-refractivity contribution in [1.82, 2.24) is 10.2 Å². The van der Waals surface area contributed by atoms with Gasteiger partial charge in [0.2, 0.25) is 5.13 Å². The van der Waals surface area contributed by atoms with Crippen LogP contribution in [0.4, 0.5) is 5.13 Å². The standard InChI is InChI=1S/C34H32ClN3O7S2/c1-3-5-14-43-24-12-10-20(17-26(24)42-4-2)29-28(30(39)21-11-13-25-27(18-21)45-16-15-44-25)31(40)32(41)38(29)33-36-37-34(47-33)46-19-22-8-6-7-9-23(22)35/h6-13,17-18,29,39H,3-5,14-16,19H2,1-2H3/t29-/m0/s1. The number of carbonyl (C=O) groups excluding carboxylic acids is 2. The molecule has 6 rings (SSSR count). The van der Waals surface area contributed by atoms with Crippen LogP contribution in [0, 0.1) is 0 Å². The van der Waals surface area contributed by atoms with E-state index in [1.807, 2.05) is 31.2 Å². The second-order valence-corrected chi connectivity index (χ2v) is 13.2. The number of aliphatic hydroxyl groups is 1. The molecule has 0 aliphatic carbocycles. The molecule has 0 radical (unpaired) electrons. The number of carbonyl (C=O) groups is 2. The van der Waals surface area contributed by atoms with Crippen molar-refractivity contribution in [3.63, 3.8) is 0 Å². The van der Waals surface area contributed by atoms with Crippen molar-refractivity contribution in [1.29, 1.82) is 0 Å². The second-order valence-electron chi connectivity index (χ2n) is 10.6. The van der Waals surface area contributed by atoms with Crippen molar-refractivity contribution in [2.24, 2.45) is 0 Å². The summed E-state index contributed by atoms with van der Waals surface area (Å²) in [5.74, 6) is 0.451. The number of hydrogen-bond donors (Lipinski definition) is 1. The van der Waals surface area contributed by atoms with Crippen LogP contribution < -0.4 is 23.8 Å². The molecule has 1 aromatic heterocycles. The van der Waals surface area contributed by atoms with Crippen molar-refractivity contribution >= 4 is 57.3 Å². The maximum Gasteiger partial charge on any atom is 0.301 e. The van der Waals surface area contributed by atoms with Crippen LogP contribution in [0.2, 0.25) is 5.02 Å². The lowest BCUT2D eigenvalue weighted by atomic mass is 9.95. The highest BCUT2D eigenvalue weighted by Crippen LogP contribution is 2.46. The number of benzene rings is 3. The van der Waals surface area contributed by atoms with Crippen molar-refractivity contribution in [2.75, 3.05) is 31.3 Å². The summed E-state index contributed by atoms with van der Waals surface area (Å²) in [5, 5.41) is 21.2. The maximum absolute atomic E-state index is 13.8. The molecule has 47 heavy (non-hydrogen) atoms. The number of thioether (sulfide) groups is 1. The van der Waals surface area contributed by atoms with Gasteiger partial charge in [0, 0.05) is 16.3 Å². The molecule has 1 atom stereocenters. The van der Waals surface area contributed by atoms with E-state index in [1.54, 1.807) is 36.4 Å². The Morgan fingerprint density at radius 1 is 1.02 bits per heavy atom. The molecule has 10 nitrogen and oxygen atoms in total. The summed E-state index contributed by atoms with van der Waals surface area (Å²) in [6, 6.07) is 16.6. The Morgan fingerprint density at radius 3 is 2.62 bits per heavy atom. The Kier molecular flexibility index (Phi) is 10.2. The maximum atomic E-state index is 13.8. The van der Waals surface area contributed by atoms with Gasteiger partial charge in [-0.25, -0.2) is 0 Å². The smallest absolute Gasteiger partial charge is 0.301 e. The first-order chi connectivity index (χ1) is 22.9. The Labute approximate surface area is 285 Å². The SMILES string of the molecule is CCCCOc1ccc([C@H]2C(=C(O)c3ccc4c(c3)OCCO4)C(=O)C(=O)N2c2nnc(SCc3ccccc3Cl)s2)cc1OCC. The quantitative estimate of drug-likeness (QED) is 0.0400. The fraction of sp³-hybridized carbons (Fsp3) is 0.294. The number of ketones is 1. The average Bonchev–Trinajstić information content (AvgIpc) is 3.66. The molecular formula is C34H32ClN3O7S2. The van der Waals surface area contributed by atoms with Crippen LogP contribution in [0.25, 0.3) is 5.76 Å². The van der Waals surface area contributed by atoms with Crippen LogP contribution in [-0.2, 0) is 15.3 Å². The number of fused-ring (bicyclic) bond motifs is 1. The monoisotopic (exact) mass is 693 g/mol. The lowest BCUT2D eigenvalue weighted by molar-refractivity contribution is -0.132. The minimum Gasteiger partial charge on any atom is -0.507 e. The third kappa shape index (κ3) is 6.90. The summed E-state index contributed by atoms with van der Waals surface area (Å²) in [6.45, 7) is 5.58. The molecule has 0 bridgehead atoms. The number of anilines is 1. The molecular weight excluding hydrogens is 662 g/mol. The number of aromatic nitrogens is 2. The van der Waals surface area contributed by atoms with Gasteiger partial charge in [-0.3, -0.25) is 14.5 Å². The van der Waals surface area contributed by atoms with Crippen LogP contribution in [0.5, 0.6) is 23.0 Å². The van der Waals surface area contributed by atoms with Gasteiger partial charge >= 0.3 is 5.91 Å². The molecule has 1 amide bonds. The third-order valence-corrected chi connectivity index (χ3v) is 9.98. The number of rotatable bonds is 12. The predicted octanol–water partition coefficient (Wildman–Crippen LogP) is 7.46. The van der Waals surface area contributed by atoms with Gasteiger partial charge < -0.3 is 24.1 Å². The van der Waals surface area contributed by atoms with Gasteiger partial charge in [-0.15, -0.1) is 10.2 Å². The Morgan fingerprint density at radius 2 is 1.83 bits per heavy atom. The van der Waals surface area contributed by atoms with E-state index < -0.39 is 17.7 Å². The van der Waals surface area contributed by atoms with Gasteiger partial charge in [0.25, 0.3) is 5.78 Å². The predicted molar refractivity (Wildman–Crippen MR) is 181 cm³/mol. The minimum absolute atomic E-state index is 0.103. The first-order valence-electron chi connectivity index (χ1n) is 15.2. The van der Waals surface area contributed by atoms with Crippen LogP contribution in [0.15, 0.2) is 70.6 Å². The fourth-order valence-electron chi connectivity index (χ4n) is 5.21. The zero-order valence-electron chi connectivity index (χ0n) is 25.7. The summed E-state index contributed by atoms with van der Waals surface area (Å²) in [5.41, 5.74) is 1.65. The minimum atomic E-state index is -1.04. The second kappa shape index (κ2) is 14.7. The third-order valence-electron chi connectivity index (χ3n) is 7.51. The Hall–Kier alpha value is -4.26. The molecule has 3 heterocycles. The molecule has 1 fully saturated rings. The van der Waals surface area contributed by atoms with Crippen molar-refractivity contribution in [3.05, 3.63) is 87.9 Å². The molecule has 0 unspecified atom stereocenters. The Bertz CT molecular complexity index is 1830. The first-order valence-corrected chi connectivity index (χ1v) is 17.4. The van der Waals surface area contributed by atoms with Gasteiger partial charge in [0.1, 0.15) is 19.0 Å². The Balaban J connectivity index is 1.42. The lowest BCUT2D eigenvalue weighted by Gasteiger charge is -2.24. The molecule has 4 aromatic rings.